The monoisotopic (exact) mass is 209 g/mol. The molecule has 0 atom stereocenters. The highest BCUT2D eigenvalue weighted by Crippen LogP contribution is 2.35. The Bertz CT molecular complexity index is 227. The maximum atomic E-state index is 12.1. The normalized spacial score (nSPS) is 22.3. The van der Waals surface area contributed by atoms with Crippen molar-refractivity contribution in [3.05, 3.63) is 0 Å². The second-order valence-electron chi connectivity index (χ2n) is 5.57. The summed E-state index contributed by atoms with van der Waals surface area (Å²) in [6, 6.07) is 1.20. The van der Waals surface area contributed by atoms with Crippen LogP contribution >= 0.6 is 0 Å². The van der Waals surface area contributed by atoms with Crippen LogP contribution in [0.25, 0.3) is 0 Å². The van der Waals surface area contributed by atoms with Crippen molar-refractivity contribution >= 4 is 5.91 Å². The van der Waals surface area contributed by atoms with Gasteiger partial charge >= 0.3 is 0 Å². The molecule has 2 aliphatic rings. The average molecular weight is 209 g/mol. The SMILES string of the molecule is CC(C)CC(=O)N(C1CCCC1)C1CC1. The van der Waals surface area contributed by atoms with Gasteiger partial charge in [-0.3, -0.25) is 4.79 Å². The van der Waals surface area contributed by atoms with Gasteiger partial charge in [-0.15, -0.1) is 0 Å². The first-order valence-electron chi connectivity index (χ1n) is 6.49. The standard InChI is InChI=1S/C13H23NO/c1-10(2)9-13(15)14(12-7-8-12)11-5-3-4-6-11/h10-12H,3-9H2,1-2H3. The molecule has 0 bridgehead atoms. The van der Waals surface area contributed by atoms with Gasteiger partial charge in [-0.05, 0) is 31.6 Å². The first kappa shape index (κ1) is 11.0. The Labute approximate surface area is 93.0 Å². The number of carbonyl (C=O) groups excluding carboxylic acids is 1. The zero-order chi connectivity index (χ0) is 10.8. The van der Waals surface area contributed by atoms with Crippen LogP contribution < -0.4 is 0 Å². The first-order valence-corrected chi connectivity index (χ1v) is 6.49. The third-order valence-electron chi connectivity index (χ3n) is 3.53. The maximum Gasteiger partial charge on any atom is 0.223 e. The number of carbonyl (C=O) groups is 1. The second-order valence-corrected chi connectivity index (χ2v) is 5.57. The molecule has 2 saturated carbocycles. The molecular formula is C13H23NO. The van der Waals surface area contributed by atoms with E-state index in [-0.39, 0.29) is 0 Å². The maximum absolute atomic E-state index is 12.1. The summed E-state index contributed by atoms with van der Waals surface area (Å²) >= 11 is 0. The van der Waals surface area contributed by atoms with Crippen LogP contribution in [0.2, 0.25) is 0 Å². The molecular weight excluding hydrogens is 186 g/mol. The fourth-order valence-electron chi connectivity index (χ4n) is 2.70. The van der Waals surface area contributed by atoms with Gasteiger partial charge in [0.25, 0.3) is 0 Å². The Hall–Kier alpha value is -0.530. The molecule has 0 aromatic carbocycles. The van der Waals surface area contributed by atoms with Crippen LogP contribution in [-0.4, -0.2) is 22.9 Å². The Balaban J connectivity index is 1.95. The Morgan fingerprint density at radius 2 is 1.67 bits per heavy atom. The van der Waals surface area contributed by atoms with E-state index < -0.39 is 0 Å². The lowest BCUT2D eigenvalue weighted by atomic mass is 10.1. The molecule has 15 heavy (non-hydrogen) atoms. The van der Waals surface area contributed by atoms with Gasteiger partial charge in [-0.25, -0.2) is 0 Å². The summed E-state index contributed by atoms with van der Waals surface area (Å²) in [7, 11) is 0. The number of hydrogen-bond donors (Lipinski definition) is 0. The zero-order valence-corrected chi connectivity index (χ0v) is 10.0. The predicted molar refractivity (Wildman–Crippen MR) is 61.6 cm³/mol. The third-order valence-corrected chi connectivity index (χ3v) is 3.53. The fraction of sp³-hybridized carbons (Fsp3) is 0.923. The van der Waals surface area contributed by atoms with E-state index in [9.17, 15) is 4.79 Å². The summed E-state index contributed by atoms with van der Waals surface area (Å²) in [5.74, 6) is 0.916. The molecule has 0 saturated heterocycles. The van der Waals surface area contributed by atoms with Gasteiger partial charge in [0.05, 0.1) is 0 Å². The molecule has 86 valence electrons. The molecule has 0 aromatic heterocycles. The molecule has 0 heterocycles. The van der Waals surface area contributed by atoms with Gasteiger partial charge in [0.2, 0.25) is 5.91 Å². The average Bonchev–Trinajstić information content (AvgIpc) is 2.80. The Morgan fingerprint density at radius 3 is 2.13 bits per heavy atom. The largest absolute Gasteiger partial charge is 0.337 e. The Kier molecular flexibility index (Phi) is 3.32. The second kappa shape index (κ2) is 4.54. The van der Waals surface area contributed by atoms with Gasteiger partial charge in [-0.2, -0.15) is 0 Å². The number of amides is 1. The quantitative estimate of drug-likeness (QED) is 0.697. The highest BCUT2D eigenvalue weighted by atomic mass is 16.2. The van der Waals surface area contributed by atoms with Crippen molar-refractivity contribution in [2.24, 2.45) is 5.92 Å². The topological polar surface area (TPSA) is 20.3 Å². The molecule has 0 radical (unpaired) electrons. The minimum absolute atomic E-state index is 0.416. The molecule has 1 amide bonds. The van der Waals surface area contributed by atoms with E-state index in [0.717, 1.165) is 6.42 Å². The van der Waals surface area contributed by atoms with Crippen LogP contribution in [0.4, 0.5) is 0 Å². The highest BCUT2D eigenvalue weighted by Gasteiger charge is 2.37. The van der Waals surface area contributed by atoms with Crippen molar-refractivity contribution in [1.29, 1.82) is 0 Å². The zero-order valence-electron chi connectivity index (χ0n) is 10.0. The van der Waals surface area contributed by atoms with Crippen molar-refractivity contribution in [3.8, 4) is 0 Å². The van der Waals surface area contributed by atoms with Gasteiger partial charge in [-0.1, -0.05) is 26.7 Å². The molecule has 0 N–H and O–H groups in total. The van der Waals surface area contributed by atoms with Crippen LogP contribution in [0.3, 0.4) is 0 Å². The summed E-state index contributed by atoms with van der Waals surface area (Å²) in [6.45, 7) is 4.27. The van der Waals surface area contributed by atoms with Gasteiger partial charge in [0, 0.05) is 18.5 Å². The van der Waals surface area contributed by atoms with Gasteiger partial charge in [0.15, 0.2) is 0 Å². The first-order chi connectivity index (χ1) is 7.18. The van der Waals surface area contributed by atoms with Crippen molar-refractivity contribution < 1.29 is 4.79 Å². The van der Waals surface area contributed by atoms with Crippen LogP contribution in [0, 0.1) is 5.92 Å². The summed E-state index contributed by atoms with van der Waals surface area (Å²) in [6.07, 6.45) is 8.39. The lowest BCUT2D eigenvalue weighted by Gasteiger charge is -2.29. The molecule has 0 unspecified atom stereocenters. The van der Waals surface area contributed by atoms with E-state index in [1.807, 2.05) is 0 Å². The smallest absolute Gasteiger partial charge is 0.223 e. The molecule has 0 aromatic rings. The number of hydrogen-bond acceptors (Lipinski definition) is 1. The fourth-order valence-corrected chi connectivity index (χ4v) is 2.70. The summed E-state index contributed by atoms with van der Waals surface area (Å²) in [5, 5.41) is 0. The van der Waals surface area contributed by atoms with Crippen LogP contribution in [0.15, 0.2) is 0 Å². The van der Waals surface area contributed by atoms with E-state index in [4.69, 9.17) is 0 Å². The van der Waals surface area contributed by atoms with Crippen molar-refractivity contribution in [3.63, 3.8) is 0 Å². The van der Waals surface area contributed by atoms with Crippen molar-refractivity contribution in [1.82, 2.24) is 4.90 Å². The van der Waals surface area contributed by atoms with Crippen molar-refractivity contribution in [2.75, 3.05) is 0 Å². The predicted octanol–water partition coefficient (Wildman–Crippen LogP) is 2.97. The van der Waals surface area contributed by atoms with E-state index >= 15 is 0 Å². The lowest BCUT2D eigenvalue weighted by Crippen LogP contribution is -2.41. The molecule has 2 nitrogen and oxygen atoms in total. The molecule has 2 rings (SSSR count). The highest BCUT2D eigenvalue weighted by molar-refractivity contribution is 5.77. The van der Waals surface area contributed by atoms with Gasteiger partial charge < -0.3 is 4.90 Å². The number of nitrogens with zero attached hydrogens (tertiary/aromatic N) is 1. The minimum atomic E-state index is 0.416. The van der Waals surface area contributed by atoms with E-state index in [1.54, 1.807) is 0 Å². The van der Waals surface area contributed by atoms with Gasteiger partial charge in [0.1, 0.15) is 0 Å². The summed E-state index contributed by atoms with van der Waals surface area (Å²) in [4.78, 5) is 14.4. The van der Waals surface area contributed by atoms with Crippen molar-refractivity contribution in [2.45, 2.75) is 70.9 Å². The summed E-state index contributed by atoms with van der Waals surface area (Å²) in [5.41, 5.74) is 0. The minimum Gasteiger partial charge on any atom is -0.337 e. The molecule has 0 aliphatic heterocycles. The van der Waals surface area contributed by atoms with E-state index in [0.29, 0.717) is 23.9 Å². The number of rotatable bonds is 4. The molecule has 2 fully saturated rings. The molecule has 0 spiro atoms. The lowest BCUT2D eigenvalue weighted by molar-refractivity contribution is -0.134. The molecule has 2 heteroatoms. The Morgan fingerprint density at radius 1 is 1.13 bits per heavy atom. The third kappa shape index (κ3) is 2.73. The van der Waals surface area contributed by atoms with E-state index in [2.05, 4.69) is 18.7 Å². The van der Waals surface area contributed by atoms with Crippen LogP contribution in [0.5, 0.6) is 0 Å². The van der Waals surface area contributed by atoms with Crippen LogP contribution in [-0.2, 0) is 4.79 Å². The summed E-state index contributed by atoms with van der Waals surface area (Å²) < 4.78 is 0. The van der Waals surface area contributed by atoms with E-state index in [1.165, 1.54) is 38.5 Å². The van der Waals surface area contributed by atoms with Crippen LogP contribution in [0.1, 0.15) is 58.8 Å². The molecule has 2 aliphatic carbocycles.